The Morgan fingerprint density at radius 3 is 2.85 bits per heavy atom. The van der Waals surface area contributed by atoms with Gasteiger partial charge in [0.05, 0.1) is 11.4 Å². The number of nitrogens with two attached hydrogens (primary N) is 1. The second kappa shape index (κ2) is 2.45. The molecule has 2 heterocycles. The van der Waals surface area contributed by atoms with E-state index < -0.39 is 0 Å². The highest BCUT2D eigenvalue weighted by molar-refractivity contribution is 5.51. The predicted octanol–water partition coefficient (Wildman–Crippen LogP) is 1.67. The van der Waals surface area contributed by atoms with Gasteiger partial charge >= 0.3 is 0 Å². The van der Waals surface area contributed by atoms with Crippen molar-refractivity contribution in [1.82, 2.24) is 9.38 Å². The van der Waals surface area contributed by atoms with E-state index in [2.05, 4.69) is 4.98 Å². The van der Waals surface area contributed by atoms with Gasteiger partial charge < -0.3 is 5.73 Å². The van der Waals surface area contributed by atoms with Crippen molar-refractivity contribution >= 4 is 11.3 Å². The topological polar surface area (TPSA) is 43.3 Å². The molecule has 0 aromatic carbocycles. The zero-order valence-corrected chi connectivity index (χ0v) is 7.50. The van der Waals surface area contributed by atoms with E-state index in [1.165, 1.54) is 6.07 Å². The summed E-state index contributed by atoms with van der Waals surface area (Å²) in [5, 5.41) is 0. The Balaban J connectivity index is 2.94. The van der Waals surface area contributed by atoms with Crippen molar-refractivity contribution < 1.29 is 4.39 Å². The summed E-state index contributed by atoms with van der Waals surface area (Å²) in [6.45, 7) is 3.73. The number of nitrogens with zero attached hydrogens (tertiary/aromatic N) is 2. The van der Waals surface area contributed by atoms with Crippen molar-refractivity contribution in [3.63, 3.8) is 0 Å². The fraction of sp³-hybridized carbons (Fsp3) is 0.222. The first-order valence-corrected chi connectivity index (χ1v) is 4.00. The van der Waals surface area contributed by atoms with Crippen LogP contribution in [0.4, 0.5) is 10.1 Å². The van der Waals surface area contributed by atoms with Crippen LogP contribution >= 0.6 is 0 Å². The minimum absolute atomic E-state index is 0.337. The third kappa shape index (κ3) is 1.06. The van der Waals surface area contributed by atoms with E-state index in [-0.39, 0.29) is 5.82 Å². The molecule has 0 amide bonds. The maximum absolute atomic E-state index is 13.3. The van der Waals surface area contributed by atoms with Gasteiger partial charge in [-0.2, -0.15) is 0 Å². The van der Waals surface area contributed by atoms with Crippen LogP contribution in [0, 0.1) is 19.7 Å². The number of fused-ring (bicyclic) bond motifs is 1. The van der Waals surface area contributed by atoms with Gasteiger partial charge in [-0.1, -0.05) is 0 Å². The molecule has 0 aliphatic heterocycles. The van der Waals surface area contributed by atoms with Gasteiger partial charge in [0.15, 0.2) is 11.5 Å². The Morgan fingerprint density at radius 2 is 2.15 bits per heavy atom. The fourth-order valence-corrected chi connectivity index (χ4v) is 1.35. The molecule has 2 aromatic rings. The Bertz CT molecular complexity index is 473. The van der Waals surface area contributed by atoms with E-state index in [4.69, 9.17) is 5.73 Å². The van der Waals surface area contributed by atoms with Crippen molar-refractivity contribution in [2.75, 3.05) is 5.73 Å². The normalized spacial score (nSPS) is 11.0. The minimum Gasteiger partial charge on any atom is -0.397 e. The monoisotopic (exact) mass is 179 g/mol. The maximum Gasteiger partial charge on any atom is 0.173 e. The zero-order chi connectivity index (χ0) is 9.59. The molecule has 0 fully saturated rings. The summed E-state index contributed by atoms with van der Waals surface area (Å²) < 4.78 is 14.9. The third-order valence-electron chi connectivity index (χ3n) is 2.17. The van der Waals surface area contributed by atoms with Crippen molar-refractivity contribution in [2.24, 2.45) is 0 Å². The lowest BCUT2D eigenvalue weighted by atomic mass is 10.4. The molecule has 0 unspecified atom stereocenters. The molecule has 2 rings (SSSR count). The van der Waals surface area contributed by atoms with Crippen LogP contribution in [0.1, 0.15) is 11.4 Å². The minimum atomic E-state index is -0.379. The SMILES string of the molecule is Cc1nc2c(F)cc(N)cn2c1C. The molecule has 0 spiro atoms. The van der Waals surface area contributed by atoms with Gasteiger partial charge in [-0.3, -0.25) is 4.40 Å². The molecule has 0 saturated heterocycles. The molecule has 13 heavy (non-hydrogen) atoms. The van der Waals surface area contributed by atoms with Crippen molar-refractivity contribution in [1.29, 1.82) is 0 Å². The molecule has 2 N–H and O–H groups in total. The molecular weight excluding hydrogens is 169 g/mol. The highest BCUT2D eigenvalue weighted by Gasteiger charge is 2.08. The van der Waals surface area contributed by atoms with Gasteiger partial charge in [-0.25, -0.2) is 9.37 Å². The largest absolute Gasteiger partial charge is 0.397 e. The second-order valence-electron chi connectivity index (χ2n) is 3.10. The summed E-state index contributed by atoms with van der Waals surface area (Å²) in [5.41, 5.74) is 8.00. The summed E-state index contributed by atoms with van der Waals surface area (Å²) in [6.07, 6.45) is 1.67. The number of aryl methyl sites for hydroxylation is 2. The first-order chi connectivity index (χ1) is 6.09. The lowest BCUT2D eigenvalue weighted by Gasteiger charge is -1.99. The fourth-order valence-electron chi connectivity index (χ4n) is 1.35. The number of aromatic nitrogens is 2. The van der Waals surface area contributed by atoms with E-state index in [9.17, 15) is 4.39 Å². The van der Waals surface area contributed by atoms with Crippen LogP contribution in [0.3, 0.4) is 0 Å². The van der Waals surface area contributed by atoms with E-state index in [0.717, 1.165) is 11.4 Å². The summed E-state index contributed by atoms with van der Waals surface area (Å²) in [5.74, 6) is -0.379. The summed E-state index contributed by atoms with van der Waals surface area (Å²) in [4.78, 5) is 4.09. The molecule has 2 aromatic heterocycles. The lowest BCUT2D eigenvalue weighted by molar-refractivity contribution is 0.630. The molecule has 4 heteroatoms. The average Bonchev–Trinajstić information content (AvgIpc) is 2.32. The van der Waals surface area contributed by atoms with Crippen molar-refractivity contribution in [3.05, 3.63) is 29.5 Å². The Morgan fingerprint density at radius 1 is 1.46 bits per heavy atom. The van der Waals surface area contributed by atoms with Crippen LogP contribution in [0.15, 0.2) is 12.3 Å². The van der Waals surface area contributed by atoms with Crippen molar-refractivity contribution in [3.8, 4) is 0 Å². The zero-order valence-electron chi connectivity index (χ0n) is 7.50. The van der Waals surface area contributed by atoms with Crippen molar-refractivity contribution in [2.45, 2.75) is 13.8 Å². The molecule has 0 aliphatic rings. The van der Waals surface area contributed by atoms with Gasteiger partial charge in [0.25, 0.3) is 0 Å². The van der Waals surface area contributed by atoms with Crippen LogP contribution in [0.5, 0.6) is 0 Å². The number of hydrogen-bond acceptors (Lipinski definition) is 2. The van der Waals surface area contributed by atoms with Gasteiger partial charge in [0.2, 0.25) is 0 Å². The predicted molar refractivity (Wildman–Crippen MR) is 49.0 cm³/mol. The molecule has 3 nitrogen and oxygen atoms in total. The van der Waals surface area contributed by atoms with Crippen LogP contribution in [-0.2, 0) is 0 Å². The Hall–Kier alpha value is -1.58. The number of anilines is 1. The molecular formula is C9H10FN3. The summed E-state index contributed by atoms with van der Waals surface area (Å²) in [7, 11) is 0. The number of rotatable bonds is 0. The molecule has 0 saturated carbocycles. The van der Waals surface area contributed by atoms with E-state index >= 15 is 0 Å². The first kappa shape index (κ1) is 8.04. The molecule has 68 valence electrons. The smallest absolute Gasteiger partial charge is 0.173 e. The maximum atomic E-state index is 13.3. The lowest BCUT2D eigenvalue weighted by Crippen LogP contribution is -1.95. The first-order valence-electron chi connectivity index (χ1n) is 4.00. The molecule has 0 bridgehead atoms. The van der Waals surface area contributed by atoms with Gasteiger partial charge in [0, 0.05) is 18.0 Å². The average molecular weight is 179 g/mol. The number of nitrogen functional groups attached to an aromatic ring is 1. The molecule has 0 radical (unpaired) electrons. The third-order valence-corrected chi connectivity index (χ3v) is 2.17. The number of hydrogen-bond donors (Lipinski definition) is 1. The summed E-state index contributed by atoms with van der Waals surface area (Å²) in [6, 6.07) is 1.28. The number of pyridine rings is 1. The standard InChI is InChI=1S/C9H10FN3/c1-5-6(2)13-4-7(11)3-8(10)9(13)12-5/h3-4H,11H2,1-2H3. The highest BCUT2D eigenvalue weighted by Crippen LogP contribution is 2.16. The number of halogens is 1. The number of imidazole rings is 1. The van der Waals surface area contributed by atoms with Crippen LogP contribution in [-0.4, -0.2) is 9.38 Å². The molecule has 0 aliphatic carbocycles. The Kier molecular flexibility index (Phi) is 1.52. The quantitative estimate of drug-likeness (QED) is 0.668. The summed E-state index contributed by atoms with van der Waals surface area (Å²) >= 11 is 0. The van der Waals surface area contributed by atoms with Crippen LogP contribution < -0.4 is 5.73 Å². The van der Waals surface area contributed by atoms with Gasteiger partial charge in [-0.05, 0) is 13.8 Å². The van der Waals surface area contributed by atoms with Gasteiger partial charge in [0.1, 0.15) is 0 Å². The van der Waals surface area contributed by atoms with E-state index in [1.807, 2.05) is 13.8 Å². The van der Waals surface area contributed by atoms with E-state index in [0.29, 0.717) is 11.3 Å². The van der Waals surface area contributed by atoms with Crippen LogP contribution in [0.2, 0.25) is 0 Å². The molecule has 0 atom stereocenters. The highest BCUT2D eigenvalue weighted by atomic mass is 19.1. The van der Waals surface area contributed by atoms with Crippen LogP contribution in [0.25, 0.3) is 5.65 Å². The van der Waals surface area contributed by atoms with Gasteiger partial charge in [-0.15, -0.1) is 0 Å². The van der Waals surface area contributed by atoms with E-state index in [1.54, 1.807) is 10.6 Å². The second-order valence-corrected chi connectivity index (χ2v) is 3.10. The Labute approximate surface area is 75.0 Å².